The van der Waals surface area contributed by atoms with Crippen LogP contribution in [0, 0.1) is 11.8 Å². The summed E-state index contributed by atoms with van der Waals surface area (Å²) in [6, 6.07) is 0.786. The molecule has 1 aliphatic rings. The van der Waals surface area contributed by atoms with E-state index in [1.807, 2.05) is 0 Å². The first kappa shape index (κ1) is 11.4. The van der Waals surface area contributed by atoms with Crippen molar-refractivity contribution in [3.63, 3.8) is 0 Å². The molecule has 13 heavy (non-hydrogen) atoms. The molecule has 0 aromatic carbocycles. The summed E-state index contributed by atoms with van der Waals surface area (Å²) in [5, 5.41) is 3.43. The molecule has 0 spiro atoms. The Kier molecular flexibility index (Phi) is 5.18. The minimum atomic E-state index is 0.786. The second-order valence-electron chi connectivity index (χ2n) is 4.28. The van der Waals surface area contributed by atoms with Crippen LogP contribution < -0.4 is 5.32 Å². The van der Waals surface area contributed by atoms with E-state index in [4.69, 9.17) is 0 Å². The highest BCUT2D eigenvalue weighted by Crippen LogP contribution is 2.34. The van der Waals surface area contributed by atoms with Crippen molar-refractivity contribution in [3.05, 3.63) is 0 Å². The first-order valence-electron chi connectivity index (χ1n) is 5.53. The predicted molar refractivity (Wildman–Crippen MR) is 62.4 cm³/mol. The van der Waals surface area contributed by atoms with Gasteiger partial charge in [0.1, 0.15) is 0 Å². The molecule has 1 saturated carbocycles. The summed E-state index contributed by atoms with van der Waals surface area (Å²) in [4.78, 5) is 0. The molecule has 1 N–H and O–H groups in total. The van der Waals surface area contributed by atoms with Gasteiger partial charge in [-0.25, -0.2) is 0 Å². The summed E-state index contributed by atoms with van der Waals surface area (Å²) < 4.78 is 0. The van der Waals surface area contributed by atoms with Crippen molar-refractivity contribution in [2.75, 3.05) is 18.6 Å². The highest BCUT2D eigenvalue weighted by Gasteiger charge is 2.29. The third kappa shape index (κ3) is 4.37. The van der Waals surface area contributed by atoms with E-state index in [9.17, 15) is 0 Å². The van der Waals surface area contributed by atoms with Crippen LogP contribution in [0.3, 0.4) is 0 Å². The topological polar surface area (TPSA) is 12.0 Å². The second-order valence-corrected chi connectivity index (χ2v) is 5.36. The van der Waals surface area contributed by atoms with Gasteiger partial charge in [0, 0.05) is 11.8 Å². The Morgan fingerprint density at radius 3 is 2.54 bits per heavy atom. The molecule has 0 aromatic rings. The Bertz CT molecular complexity index is 134. The van der Waals surface area contributed by atoms with Crippen molar-refractivity contribution in [2.45, 2.75) is 39.2 Å². The largest absolute Gasteiger partial charge is 0.316 e. The van der Waals surface area contributed by atoms with Gasteiger partial charge in [0.15, 0.2) is 0 Å². The van der Waals surface area contributed by atoms with Crippen LogP contribution in [0.4, 0.5) is 0 Å². The van der Waals surface area contributed by atoms with Gasteiger partial charge in [-0.15, -0.1) is 0 Å². The maximum absolute atomic E-state index is 3.43. The van der Waals surface area contributed by atoms with Gasteiger partial charge in [0.2, 0.25) is 0 Å². The summed E-state index contributed by atoms with van der Waals surface area (Å²) >= 11 is 2.12. The lowest BCUT2D eigenvalue weighted by Gasteiger charge is -2.15. The van der Waals surface area contributed by atoms with E-state index in [1.165, 1.54) is 30.8 Å². The quantitative estimate of drug-likeness (QED) is 0.680. The minimum Gasteiger partial charge on any atom is -0.316 e. The average Bonchev–Trinajstić information content (AvgIpc) is 2.95. The molecule has 0 aliphatic heterocycles. The molecule has 0 amide bonds. The van der Waals surface area contributed by atoms with E-state index in [-0.39, 0.29) is 0 Å². The number of rotatable bonds is 7. The molecule has 2 heteroatoms. The molecule has 78 valence electrons. The fourth-order valence-corrected chi connectivity index (χ4v) is 2.93. The lowest BCUT2D eigenvalue weighted by molar-refractivity contribution is 0.552. The van der Waals surface area contributed by atoms with Crippen molar-refractivity contribution in [3.8, 4) is 0 Å². The highest BCUT2D eigenvalue weighted by atomic mass is 32.2. The Hall–Kier alpha value is 0.310. The molecular formula is C11H23NS. The fraction of sp³-hybridized carbons (Fsp3) is 1.00. The van der Waals surface area contributed by atoms with Crippen molar-refractivity contribution in [1.82, 2.24) is 5.32 Å². The van der Waals surface area contributed by atoms with Crippen LogP contribution in [0.1, 0.15) is 33.1 Å². The van der Waals surface area contributed by atoms with E-state index in [1.54, 1.807) is 0 Å². The van der Waals surface area contributed by atoms with Crippen LogP contribution in [0.2, 0.25) is 0 Å². The van der Waals surface area contributed by atoms with Crippen LogP contribution in [0.5, 0.6) is 0 Å². The molecule has 0 radical (unpaired) electrons. The third-order valence-electron chi connectivity index (χ3n) is 2.96. The Labute approximate surface area is 87.1 Å². The monoisotopic (exact) mass is 201 g/mol. The molecule has 2 atom stereocenters. The van der Waals surface area contributed by atoms with Crippen LogP contribution in [0.25, 0.3) is 0 Å². The lowest BCUT2D eigenvalue weighted by Crippen LogP contribution is -2.30. The summed E-state index contributed by atoms with van der Waals surface area (Å²) in [7, 11) is 2.10. The van der Waals surface area contributed by atoms with Crippen molar-refractivity contribution >= 4 is 11.8 Å². The van der Waals surface area contributed by atoms with E-state index < -0.39 is 0 Å². The van der Waals surface area contributed by atoms with Gasteiger partial charge in [-0.1, -0.05) is 20.3 Å². The molecule has 0 heterocycles. The Morgan fingerprint density at radius 2 is 2.08 bits per heavy atom. The maximum atomic E-state index is 3.43. The number of thioether (sulfide) groups is 1. The zero-order valence-corrected chi connectivity index (χ0v) is 9.99. The van der Waals surface area contributed by atoms with Crippen LogP contribution in [-0.4, -0.2) is 24.6 Å². The van der Waals surface area contributed by atoms with Crippen molar-refractivity contribution in [1.29, 1.82) is 0 Å². The van der Waals surface area contributed by atoms with Crippen molar-refractivity contribution in [2.24, 2.45) is 11.8 Å². The zero-order chi connectivity index (χ0) is 9.68. The molecule has 1 fully saturated rings. The van der Waals surface area contributed by atoms with E-state index >= 15 is 0 Å². The highest BCUT2D eigenvalue weighted by molar-refractivity contribution is 7.99. The maximum Gasteiger partial charge on any atom is 0.0183 e. The third-order valence-corrected chi connectivity index (χ3v) is 4.36. The molecule has 0 saturated heterocycles. The summed E-state index contributed by atoms with van der Waals surface area (Å²) in [6.07, 6.45) is 4.23. The van der Waals surface area contributed by atoms with Gasteiger partial charge in [-0.3, -0.25) is 0 Å². The van der Waals surface area contributed by atoms with Gasteiger partial charge < -0.3 is 5.32 Å². The molecule has 2 unspecified atom stereocenters. The number of hydrogen-bond donors (Lipinski definition) is 1. The van der Waals surface area contributed by atoms with Gasteiger partial charge in [0.25, 0.3) is 0 Å². The SMILES string of the molecule is CCC(C)CSCC(NC)C1CC1. The van der Waals surface area contributed by atoms with Crippen LogP contribution in [-0.2, 0) is 0 Å². The first-order chi connectivity index (χ1) is 6.27. The first-order valence-corrected chi connectivity index (χ1v) is 6.68. The molecule has 1 aliphatic carbocycles. The van der Waals surface area contributed by atoms with Gasteiger partial charge in [-0.2, -0.15) is 11.8 Å². The van der Waals surface area contributed by atoms with Crippen LogP contribution in [0.15, 0.2) is 0 Å². The van der Waals surface area contributed by atoms with Gasteiger partial charge in [-0.05, 0) is 37.5 Å². The Morgan fingerprint density at radius 1 is 1.38 bits per heavy atom. The predicted octanol–water partition coefficient (Wildman–Crippen LogP) is 2.76. The Balaban J connectivity index is 2.02. The molecular weight excluding hydrogens is 178 g/mol. The average molecular weight is 201 g/mol. The van der Waals surface area contributed by atoms with Gasteiger partial charge >= 0.3 is 0 Å². The standard InChI is InChI=1S/C11H23NS/c1-4-9(2)7-13-8-11(12-3)10-5-6-10/h9-12H,4-8H2,1-3H3. The number of hydrogen-bond acceptors (Lipinski definition) is 2. The minimum absolute atomic E-state index is 0.786. The van der Waals surface area contributed by atoms with Gasteiger partial charge in [0.05, 0.1) is 0 Å². The van der Waals surface area contributed by atoms with Crippen molar-refractivity contribution < 1.29 is 0 Å². The molecule has 0 bridgehead atoms. The lowest BCUT2D eigenvalue weighted by atomic mass is 10.2. The zero-order valence-electron chi connectivity index (χ0n) is 9.18. The smallest absolute Gasteiger partial charge is 0.0183 e. The fourth-order valence-electron chi connectivity index (χ4n) is 1.47. The summed E-state index contributed by atoms with van der Waals surface area (Å²) in [5.41, 5.74) is 0. The summed E-state index contributed by atoms with van der Waals surface area (Å²) in [5.74, 6) is 4.53. The van der Waals surface area contributed by atoms with E-state index in [0.29, 0.717) is 0 Å². The number of nitrogens with one attached hydrogen (secondary N) is 1. The van der Waals surface area contributed by atoms with E-state index in [2.05, 4.69) is 38.0 Å². The second kappa shape index (κ2) is 5.92. The molecule has 1 nitrogen and oxygen atoms in total. The molecule has 1 rings (SSSR count). The normalized spacial score (nSPS) is 21.5. The molecule has 0 aromatic heterocycles. The summed E-state index contributed by atoms with van der Waals surface area (Å²) in [6.45, 7) is 4.63. The van der Waals surface area contributed by atoms with Crippen LogP contribution >= 0.6 is 11.8 Å². The van der Waals surface area contributed by atoms with E-state index in [0.717, 1.165) is 17.9 Å².